The number of thiocarbonyl (C=S) groups is 1. The number of amides is 1. The van der Waals surface area contributed by atoms with Gasteiger partial charge < -0.3 is 5.32 Å². The van der Waals surface area contributed by atoms with Crippen LogP contribution in [-0.4, -0.2) is 16.0 Å². The van der Waals surface area contributed by atoms with Crippen molar-refractivity contribution in [1.82, 2.24) is 15.6 Å². The van der Waals surface area contributed by atoms with E-state index in [1.54, 1.807) is 23.5 Å². The van der Waals surface area contributed by atoms with Gasteiger partial charge in [-0.1, -0.05) is 54.1 Å². The molecule has 2 N–H and O–H groups in total. The summed E-state index contributed by atoms with van der Waals surface area (Å²) in [7, 11) is 0. The molecule has 0 fully saturated rings. The van der Waals surface area contributed by atoms with Crippen molar-refractivity contribution in [2.75, 3.05) is 0 Å². The third kappa shape index (κ3) is 4.67. The second-order valence-electron chi connectivity index (χ2n) is 6.80. The minimum Gasteiger partial charge on any atom is -0.358 e. The minimum atomic E-state index is -0.330. The first-order valence-electron chi connectivity index (χ1n) is 9.30. The van der Waals surface area contributed by atoms with Gasteiger partial charge >= 0.3 is 0 Å². The Morgan fingerprint density at radius 3 is 2.60 bits per heavy atom. The number of carbonyl (C=O) groups excluding carboxylic acids is 1. The molecule has 1 amide bonds. The number of hydrogen-bond acceptors (Lipinski definition) is 4. The third-order valence-electron chi connectivity index (χ3n) is 4.54. The molecule has 0 unspecified atom stereocenters. The second-order valence-corrected chi connectivity index (χ2v) is 8.65. The van der Waals surface area contributed by atoms with Gasteiger partial charge in [0.15, 0.2) is 5.11 Å². The Hall–Kier alpha value is -2.80. The van der Waals surface area contributed by atoms with Crippen LogP contribution < -0.4 is 10.6 Å². The SMILES string of the molecule is Cc1ccc(C(=O)NC(=S)NCc2ccc(-c3nc4ccccc4s3)cc2)c(Cl)c1. The highest BCUT2D eigenvalue weighted by Gasteiger charge is 2.12. The van der Waals surface area contributed by atoms with E-state index >= 15 is 0 Å². The zero-order valence-corrected chi connectivity index (χ0v) is 18.5. The molecule has 0 saturated carbocycles. The molecule has 4 aromatic rings. The van der Waals surface area contributed by atoms with E-state index in [9.17, 15) is 4.79 Å². The van der Waals surface area contributed by atoms with Gasteiger partial charge in [0.05, 0.1) is 20.8 Å². The molecule has 150 valence electrons. The first-order valence-corrected chi connectivity index (χ1v) is 10.9. The standard InChI is InChI=1S/C23H18ClN3OS2/c1-14-6-11-17(18(24)12-14)21(28)27-23(29)25-13-15-7-9-16(10-8-15)22-26-19-4-2-3-5-20(19)30-22/h2-12H,13H2,1H3,(H2,25,27,28,29). The van der Waals surface area contributed by atoms with Crippen molar-refractivity contribution in [3.8, 4) is 10.6 Å². The van der Waals surface area contributed by atoms with Crippen molar-refractivity contribution in [1.29, 1.82) is 0 Å². The summed E-state index contributed by atoms with van der Waals surface area (Å²) in [6.07, 6.45) is 0. The largest absolute Gasteiger partial charge is 0.358 e. The Labute approximate surface area is 188 Å². The van der Waals surface area contributed by atoms with E-state index in [2.05, 4.69) is 21.7 Å². The predicted octanol–water partition coefficient (Wildman–Crippen LogP) is 5.73. The molecule has 3 aromatic carbocycles. The average molecular weight is 452 g/mol. The van der Waals surface area contributed by atoms with E-state index in [1.807, 2.05) is 55.5 Å². The maximum Gasteiger partial charge on any atom is 0.258 e. The smallest absolute Gasteiger partial charge is 0.258 e. The van der Waals surface area contributed by atoms with Gasteiger partial charge in [-0.25, -0.2) is 4.98 Å². The third-order valence-corrected chi connectivity index (χ3v) is 6.19. The predicted molar refractivity (Wildman–Crippen MR) is 128 cm³/mol. The number of carbonyl (C=O) groups is 1. The number of aryl methyl sites for hydroxylation is 1. The molecule has 0 aliphatic carbocycles. The number of fused-ring (bicyclic) bond motifs is 1. The van der Waals surface area contributed by atoms with E-state index in [-0.39, 0.29) is 11.0 Å². The highest BCUT2D eigenvalue weighted by Crippen LogP contribution is 2.30. The van der Waals surface area contributed by atoms with Gasteiger partial charge in [0.2, 0.25) is 0 Å². The molecule has 0 radical (unpaired) electrons. The zero-order chi connectivity index (χ0) is 21.1. The van der Waals surface area contributed by atoms with Crippen LogP contribution in [0.2, 0.25) is 5.02 Å². The lowest BCUT2D eigenvalue weighted by Gasteiger charge is -2.11. The molecular weight excluding hydrogens is 434 g/mol. The van der Waals surface area contributed by atoms with Crippen LogP contribution in [0.5, 0.6) is 0 Å². The fourth-order valence-electron chi connectivity index (χ4n) is 2.96. The Morgan fingerprint density at radius 1 is 1.10 bits per heavy atom. The van der Waals surface area contributed by atoms with Crippen LogP contribution in [0.4, 0.5) is 0 Å². The molecule has 1 aromatic heterocycles. The lowest BCUT2D eigenvalue weighted by molar-refractivity contribution is 0.0977. The maximum absolute atomic E-state index is 12.3. The number of nitrogens with zero attached hydrogens (tertiary/aromatic N) is 1. The fourth-order valence-corrected chi connectivity index (χ4v) is 4.42. The first-order chi connectivity index (χ1) is 14.5. The molecule has 0 aliphatic heterocycles. The van der Waals surface area contributed by atoms with Crippen molar-refractivity contribution in [3.05, 3.63) is 88.4 Å². The summed E-state index contributed by atoms with van der Waals surface area (Å²) in [4.78, 5) is 17.0. The van der Waals surface area contributed by atoms with E-state index in [0.717, 1.165) is 27.2 Å². The number of rotatable bonds is 4. The Morgan fingerprint density at radius 2 is 1.87 bits per heavy atom. The van der Waals surface area contributed by atoms with Gasteiger partial charge in [0, 0.05) is 12.1 Å². The van der Waals surface area contributed by atoms with Crippen LogP contribution in [0, 0.1) is 6.92 Å². The van der Waals surface area contributed by atoms with Crippen LogP contribution in [0.15, 0.2) is 66.7 Å². The molecule has 4 rings (SSSR count). The Kier molecular flexibility index (Phi) is 6.08. The average Bonchev–Trinajstić information content (AvgIpc) is 3.17. The van der Waals surface area contributed by atoms with Crippen molar-refractivity contribution in [3.63, 3.8) is 0 Å². The lowest BCUT2D eigenvalue weighted by atomic mass is 10.1. The van der Waals surface area contributed by atoms with Gasteiger partial charge in [-0.05, 0) is 54.5 Å². The van der Waals surface area contributed by atoms with Crippen LogP contribution in [0.1, 0.15) is 21.5 Å². The molecule has 0 spiro atoms. The summed E-state index contributed by atoms with van der Waals surface area (Å²) in [5.74, 6) is -0.330. The van der Waals surface area contributed by atoms with E-state index in [1.165, 1.54) is 4.70 Å². The zero-order valence-electron chi connectivity index (χ0n) is 16.1. The fraction of sp³-hybridized carbons (Fsp3) is 0.0870. The quantitative estimate of drug-likeness (QED) is 0.389. The van der Waals surface area contributed by atoms with Crippen molar-refractivity contribution < 1.29 is 4.79 Å². The number of benzene rings is 3. The van der Waals surface area contributed by atoms with Crippen LogP contribution in [-0.2, 0) is 6.54 Å². The van der Waals surface area contributed by atoms with Crippen molar-refractivity contribution >= 4 is 56.4 Å². The van der Waals surface area contributed by atoms with Gasteiger partial charge in [0.25, 0.3) is 5.91 Å². The molecule has 4 nitrogen and oxygen atoms in total. The summed E-state index contributed by atoms with van der Waals surface area (Å²) < 4.78 is 1.17. The van der Waals surface area contributed by atoms with Gasteiger partial charge in [-0.15, -0.1) is 11.3 Å². The summed E-state index contributed by atoms with van der Waals surface area (Å²) in [5.41, 5.74) is 4.52. The van der Waals surface area contributed by atoms with Crippen LogP contribution in [0.3, 0.4) is 0 Å². The molecule has 0 atom stereocenters. The lowest BCUT2D eigenvalue weighted by Crippen LogP contribution is -2.38. The Balaban J connectivity index is 1.35. The van der Waals surface area contributed by atoms with Crippen molar-refractivity contribution in [2.24, 2.45) is 0 Å². The molecule has 0 aliphatic rings. The summed E-state index contributed by atoms with van der Waals surface area (Å²) in [5, 5.41) is 7.38. The normalized spacial score (nSPS) is 10.7. The molecule has 0 bridgehead atoms. The van der Waals surface area contributed by atoms with E-state index in [0.29, 0.717) is 17.1 Å². The van der Waals surface area contributed by atoms with Crippen LogP contribution >= 0.6 is 35.2 Å². The van der Waals surface area contributed by atoms with Gasteiger partial charge in [-0.3, -0.25) is 10.1 Å². The van der Waals surface area contributed by atoms with Gasteiger partial charge in [-0.2, -0.15) is 0 Å². The monoisotopic (exact) mass is 451 g/mol. The summed E-state index contributed by atoms with van der Waals surface area (Å²) in [6.45, 7) is 2.42. The topological polar surface area (TPSA) is 54.0 Å². The molecular formula is C23H18ClN3OS2. The van der Waals surface area contributed by atoms with Crippen molar-refractivity contribution in [2.45, 2.75) is 13.5 Å². The van der Waals surface area contributed by atoms with Gasteiger partial charge in [0.1, 0.15) is 5.01 Å². The number of para-hydroxylation sites is 1. The number of thiazole rings is 1. The molecule has 30 heavy (non-hydrogen) atoms. The first kappa shape index (κ1) is 20.5. The highest BCUT2D eigenvalue weighted by molar-refractivity contribution is 7.80. The maximum atomic E-state index is 12.3. The number of hydrogen-bond donors (Lipinski definition) is 2. The Bertz CT molecular complexity index is 1200. The summed E-state index contributed by atoms with van der Waals surface area (Å²) in [6, 6.07) is 21.5. The summed E-state index contributed by atoms with van der Waals surface area (Å²) >= 11 is 13.1. The minimum absolute atomic E-state index is 0.256. The molecule has 1 heterocycles. The van der Waals surface area contributed by atoms with Crippen LogP contribution in [0.25, 0.3) is 20.8 Å². The van der Waals surface area contributed by atoms with E-state index in [4.69, 9.17) is 23.8 Å². The molecule has 7 heteroatoms. The number of nitrogens with one attached hydrogen (secondary N) is 2. The number of halogens is 1. The molecule has 0 saturated heterocycles. The highest BCUT2D eigenvalue weighted by atomic mass is 35.5. The second kappa shape index (κ2) is 8.92. The van der Waals surface area contributed by atoms with E-state index < -0.39 is 0 Å². The number of aromatic nitrogens is 1.